The average Bonchev–Trinajstić information content (AvgIpc) is 2.44. The van der Waals surface area contributed by atoms with E-state index in [2.05, 4.69) is 27.3 Å². The Morgan fingerprint density at radius 2 is 1.95 bits per heavy atom. The first kappa shape index (κ1) is 14.9. The summed E-state index contributed by atoms with van der Waals surface area (Å²) >= 11 is 3.32. The molecule has 0 aliphatic rings. The summed E-state index contributed by atoms with van der Waals surface area (Å²) in [4.78, 5) is 0. The lowest BCUT2D eigenvalue weighted by Crippen LogP contribution is -2.12. The van der Waals surface area contributed by atoms with Crippen molar-refractivity contribution in [1.29, 1.82) is 0 Å². The van der Waals surface area contributed by atoms with Crippen molar-refractivity contribution in [3.63, 3.8) is 0 Å². The lowest BCUT2D eigenvalue weighted by molar-refractivity contribution is 0.340. The van der Waals surface area contributed by atoms with Gasteiger partial charge < -0.3 is 15.2 Å². The van der Waals surface area contributed by atoms with Gasteiger partial charge in [-0.3, -0.25) is 0 Å². The lowest BCUT2D eigenvalue weighted by atomic mass is 10.2. The molecule has 0 unspecified atom stereocenters. The number of phenols is 1. The summed E-state index contributed by atoms with van der Waals surface area (Å²) in [6.07, 6.45) is 0. The zero-order valence-corrected chi connectivity index (χ0v) is 13.0. The van der Waals surface area contributed by atoms with Gasteiger partial charge in [-0.25, -0.2) is 0 Å². The van der Waals surface area contributed by atoms with Crippen molar-refractivity contribution in [2.75, 3.05) is 6.61 Å². The third-order valence-corrected chi connectivity index (χ3v) is 3.56. The van der Waals surface area contributed by atoms with Gasteiger partial charge in [0.2, 0.25) is 0 Å². The Kier molecular flexibility index (Phi) is 5.44. The molecular weight excluding hydrogens is 318 g/mol. The van der Waals surface area contributed by atoms with Gasteiger partial charge in [0.15, 0.2) is 0 Å². The van der Waals surface area contributed by atoms with Crippen LogP contribution in [0.2, 0.25) is 0 Å². The predicted octanol–water partition coefficient (Wildman–Crippen LogP) is 3.84. The molecule has 0 radical (unpaired) electrons. The highest BCUT2D eigenvalue weighted by Crippen LogP contribution is 2.27. The Labute approximate surface area is 127 Å². The van der Waals surface area contributed by atoms with E-state index in [1.165, 1.54) is 0 Å². The van der Waals surface area contributed by atoms with Crippen LogP contribution in [0.5, 0.6) is 11.5 Å². The van der Waals surface area contributed by atoms with Crippen molar-refractivity contribution in [3.05, 3.63) is 58.1 Å². The number of hydrogen-bond acceptors (Lipinski definition) is 3. The Balaban J connectivity index is 1.92. The van der Waals surface area contributed by atoms with Crippen molar-refractivity contribution < 1.29 is 9.84 Å². The molecule has 106 valence electrons. The second-order valence-corrected chi connectivity index (χ2v) is 5.29. The predicted molar refractivity (Wildman–Crippen MR) is 84.0 cm³/mol. The van der Waals surface area contributed by atoms with E-state index in [1.54, 1.807) is 0 Å². The van der Waals surface area contributed by atoms with Crippen LogP contribution >= 0.6 is 15.9 Å². The number of hydrogen-bond donors (Lipinski definition) is 2. The summed E-state index contributed by atoms with van der Waals surface area (Å²) in [5.41, 5.74) is 2.03. The van der Waals surface area contributed by atoms with Crippen LogP contribution in [-0.2, 0) is 13.1 Å². The highest BCUT2D eigenvalue weighted by molar-refractivity contribution is 9.10. The van der Waals surface area contributed by atoms with Gasteiger partial charge in [-0.15, -0.1) is 0 Å². The van der Waals surface area contributed by atoms with Crippen LogP contribution in [0.25, 0.3) is 0 Å². The van der Waals surface area contributed by atoms with Crippen LogP contribution < -0.4 is 10.1 Å². The summed E-state index contributed by atoms with van der Waals surface area (Å²) in [5, 5.41) is 13.2. The third-order valence-electron chi connectivity index (χ3n) is 2.92. The molecule has 2 aromatic rings. The fourth-order valence-electron chi connectivity index (χ4n) is 1.96. The first-order valence-corrected chi connectivity index (χ1v) is 7.39. The molecule has 3 nitrogen and oxygen atoms in total. The Bertz CT molecular complexity index is 572. The number of para-hydroxylation sites is 1. The fourth-order valence-corrected chi connectivity index (χ4v) is 2.36. The van der Waals surface area contributed by atoms with Gasteiger partial charge in [0.1, 0.15) is 11.5 Å². The van der Waals surface area contributed by atoms with Gasteiger partial charge >= 0.3 is 0 Å². The molecule has 2 N–H and O–H groups in total. The van der Waals surface area contributed by atoms with Crippen LogP contribution in [0.4, 0.5) is 0 Å². The minimum atomic E-state index is 0.295. The van der Waals surface area contributed by atoms with Crippen molar-refractivity contribution in [2.24, 2.45) is 0 Å². The Hall–Kier alpha value is -1.52. The number of nitrogens with one attached hydrogen (secondary N) is 1. The SMILES string of the molecule is CCOc1cccc(CNCc2cccc(Br)c2O)c1. The molecular formula is C16H18BrNO2. The fraction of sp³-hybridized carbons (Fsp3) is 0.250. The van der Waals surface area contributed by atoms with Gasteiger partial charge in [0, 0.05) is 18.7 Å². The summed E-state index contributed by atoms with van der Waals surface area (Å²) in [5.74, 6) is 1.18. The molecule has 0 saturated carbocycles. The van der Waals surface area contributed by atoms with E-state index in [1.807, 2.05) is 43.3 Å². The van der Waals surface area contributed by atoms with Crippen LogP contribution in [0.3, 0.4) is 0 Å². The molecule has 0 amide bonds. The summed E-state index contributed by atoms with van der Waals surface area (Å²) < 4.78 is 6.19. The molecule has 0 fully saturated rings. The summed E-state index contributed by atoms with van der Waals surface area (Å²) in [7, 11) is 0. The van der Waals surface area contributed by atoms with E-state index in [4.69, 9.17) is 4.74 Å². The number of benzene rings is 2. The molecule has 4 heteroatoms. The maximum Gasteiger partial charge on any atom is 0.134 e. The number of rotatable bonds is 6. The highest BCUT2D eigenvalue weighted by Gasteiger charge is 2.04. The molecule has 2 aromatic carbocycles. The zero-order valence-electron chi connectivity index (χ0n) is 11.4. The smallest absolute Gasteiger partial charge is 0.134 e. The number of phenolic OH excluding ortho intramolecular Hbond substituents is 1. The summed E-state index contributed by atoms with van der Waals surface area (Å²) in [6, 6.07) is 13.7. The molecule has 0 aliphatic carbocycles. The molecule has 0 spiro atoms. The van der Waals surface area contributed by atoms with E-state index in [-0.39, 0.29) is 0 Å². The molecule has 0 aliphatic heterocycles. The summed E-state index contributed by atoms with van der Waals surface area (Å²) in [6.45, 7) is 3.99. The van der Waals surface area contributed by atoms with E-state index in [9.17, 15) is 5.11 Å². The first-order chi connectivity index (χ1) is 9.70. The highest BCUT2D eigenvalue weighted by atomic mass is 79.9. The molecule has 0 saturated heterocycles. The number of halogens is 1. The van der Waals surface area contributed by atoms with Gasteiger partial charge in [-0.05, 0) is 46.6 Å². The molecule has 2 rings (SSSR count). The van der Waals surface area contributed by atoms with Crippen molar-refractivity contribution in [3.8, 4) is 11.5 Å². The van der Waals surface area contributed by atoms with Gasteiger partial charge in [0.05, 0.1) is 11.1 Å². The average molecular weight is 336 g/mol. The van der Waals surface area contributed by atoms with Crippen LogP contribution in [-0.4, -0.2) is 11.7 Å². The largest absolute Gasteiger partial charge is 0.506 e. The van der Waals surface area contributed by atoms with E-state index >= 15 is 0 Å². The van der Waals surface area contributed by atoms with Gasteiger partial charge in [-0.2, -0.15) is 0 Å². The lowest BCUT2D eigenvalue weighted by Gasteiger charge is -2.09. The molecule has 0 bridgehead atoms. The second-order valence-electron chi connectivity index (χ2n) is 4.43. The molecule has 20 heavy (non-hydrogen) atoms. The molecule has 0 heterocycles. The monoisotopic (exact) mass is 335 g/mol. The zero-order chi connectivity index (χ0) is 14.4. The minimum Gasteiger partial charge on any atom is -0.506 e. The topological polar surface area (TPSA) is 41.5 Å². The van der Waals surface area contributed by atoms with Crippen LogP contribution in [0, 0.1) is 0 Å². The van der Waals surface area contributed by atoms with E-state index < -0.39 is 0 Å². The van der Waals surface area contributed by atoms with Crippen LogP contribution in [0.15, 0.2) is 46.9 Å². The number of aromatic hydroxyl groups is 1. The first-order valence-electron chi connectivity index (χ1n) is 6.59. The minimum absolute atomic E-state index is 0.295. The molecule has 0 aromatic heterocycles. The standard InChI is InChI=1S/C16H18BrNO2/c1-2-20-14-7-3-5-12(9-14)10-18-11-13-6-4-8-15(17)16(13)19/h3-9,18-19H,2,10-11H2,1H3. The number of ether oxygens (including phenoxy) is 1. The van der Waals surface area contributed by atoms with Gasteiger partial charge in [0.25, 0.3) is 0 Å². The maximum absolute atomic E-state index is 9.90. The Morgan fingerprint density at radius 1 is 1.15 bits per heavy atom. The van der Waals surface area contributed by atoms with Crippen molar-refractivity contribution >= 4 is 15.9 Å². The quantitative estimate of drug-likeness (QED) is 0.842. The maximum atomic E-state index is 9.90. The van der Waals surface area contributed by atoms with Crippen molar-refractivity contribution in [1.82, 2.24) is 5.32 Å². The second kappa shape index (κ2) is 7.31. The normalized spacial score (nSPS) is 10.5. The van der Waals surface area contributed by atoms with Gasteiger partial charge in [-0.1, -0.05) is 24.3 Å². The third kappa shape index (κ3) is 3.99. The Morgan fingerprint density at radius 3 is 2.75 bits per heavy atom. The molecule has 0 atom stereocenters. The van der Waals surface area contributed by atoms with Crippen molar-refractivity contribution in [2.45, 2.75) is 20.0 Å². The van der Waals surface area contributed by atoms with E-state index in [0.29, 0.717) is 18.9 Å². The van der Waals surface area contributed by atoms with Crippen LogP contribution in [0.1, 0.15) is 18.1 Å². The van der Waals surface area contributed by atoms with E-state index in [0.717, 1.165) is 27.9 Å².